The first kappa shape index (κ1) is 16.0. The van der Waals surface area contributed by atoms with E-state index in [1.165, 1.54) is 17.8 Å². The van der Waals surface area contributed by atoms with Crippen molar-refractivity contribution in [2.75, 3.05) is 11.1 Å². The zero-order valence-corrected chi connectivity index (χ0v) is 13.3. The van der Waals surface area contributed by atoms with Crippen LogP contribution in [0.4, 0.5) is 14.5 Å². The molecule has 2 rings (SSSR count). The Bertz CT molecular complexity index is 634. The van der Waals surface area contributed by atoms with Gasteiger partial charge in [-0.25, -0.2) is 8.78 Å². The Kier molecular flexibility index (Phi) is 5.76. The third kappa shape index (κ3) is 5.13. The average molecular weight is 372 g/mol. The van der Waals surface area contributed by atoms with E-state index >= 15 is 0 Å². The molecule has 0 heterocycles. The first-order chi connectivity index (χ1) is 10.0. The minimum absolute atomic E-state index is 0.00867. The number of rotatable bonds is 5. The predicted molar refractivity (Wildman–Crippen MR) is 85.3 cm³/mol. The first-order valence-corrected chi connectivity index (χ1v) is 8.06. The van der Waals surface area contributed by atoms with Crippen LogP contribution in [0.15, 0.2) is 46.9 Å². The molecule has 0 aromatic heterocycles. The molecule has 21 heavy (non-hydrogen) atoms. The number of halogens is 3. The molecule has 6 heteroatoms. The van der Waals surface area contributed by atoms with Gasteiger partial charge in [0, 0.05) is 16.3 Å². The van der Waals surface area contributed by atoms with Crippen molar-refractivity contribution in [3.05, 3.63) is 64.1 Å². The largest absolute Gasteiger partial charge is 0.323 e. The summed E-state index contributed by atoms with van der Waals surface area (Å²) in [6.07, 6.45) is 0. The molecule has 2 aromatic rings. The zero-order chi connectivity index (χ0) is 15.2. The summed E-state index contributed by atoms with van der Waals surface area (Å²) in [4.78, 5) is 11.7. The van der Waals surface area contributed by atoms with E-state index in [1.807, 2.05) is 24.3 Å². The molecule has 0 saturated heterocycles. The molecule has 0 aliphatic carbocycles. The third-order valence-electron chi connectivity index (χ3n) is 2.62. The third-order valence-corrected chi connectivity index (χ3v) is 4.15. The second-order valence-electron chi connectivity index (χ2n) is 4.29. The monoisotopic (exact) mass is 371 g/mol. The Hall–Kier alpha value is -1.40. The molecule has 0 unspecified atom stereocenters. The molecule has 1 N–H and O–H groups in total. The van der Waals surface area contributed by atoms with Crippen molar-refractivity contribution >= 4 is 39.3 Å². The van der Waals surface area contributed by atoms with Crippen LogP contribution < -0.4 is 5.32 Å². The van der Waals surface area contributed by atoms with Crippen LogP contribution in [0.2, 0.25) is 0 Å². The molecule has 0 atom stereocenters. The molecule has 2 nitrogen and oxygen atoms in total. The van der Waals surface area contributed by atoms with E-state index in [0.717, 1.165) is 22.2 Å². The van der Waals surface area contributed by atoms with Crippen LogP contribution in [0, 0.1) is 11.6 Å². The van der Waals surface area contributed by atoms with Gasteiger partial charge in [-0.15, -0.1) is 11.8 Å². The fourth-order valence-electron chi connectivity index (χ4n) is 1.62. The van der Waals surface area contributed by atoms with Gasteiger partial charge in [0.1, 0.15) is 11.6 Å². The Morgan fingerprint density at radius 3 is 2.52 bits per heavy atom. The standard InChI is InChI=1S/C15H12BrF2NOS/c16-11-3-1-10(2-4-11)8-21-9-15(20)19-14-6-5-12(17)7-13(14)18/h1-7H,8-9H2,(H,19,20). The topological polar surface area (TPSA) is 29.1 Å². The number of anilines is 1. The highest BCUT2D eigenvalue weighted by atomic mass is 79.9. The van der Waals surface area contributed by atoms with Gasteiger partial charge in [-0.2, -0.15) is 0 Å². The van der Waals surface area contributed by atoms with Gasteiger partial charge in [0.25, 0.3) is 0 Å². The Labute approximate surface area is 134 Å². The van der Waals surface area contributed by atoms with E-state index in [1.54, 1.807) is 0 Å². The number of nitrogens with one attached hydrogen (secondary N) is 1. The minimum Gasteiger partial charge on any atom is -0.323 e. The number of hydrogen-bond acceptors (Lipinski definition) is 2. The van der Waals surface area contributed by atoms with Crippen molar-refractivity contribution in [1.82, 2.24) is 0 Å². The van der Waals surface area contributed by atoms with Crippen molar-refractivity contribution in [2.24, 2.45) is 0 Å². The summed E-state index contributed by atoms with van der Waals surface area (Å²) in [5.74, 6) is -0.876. The van der Waals surface area contributed by atoms with Crippen molar-refractivity contribution < 1.29 is 13.6 Å². The van der Waals surface area contributed by atoms with Gasteiger partial charge < -0.3 is 5.32 Å². The highest BCUT2D eigenvalue weighted by Crippen LogP contribution is 2.18. The molecule has 0 spiro atoms. The van der Waals surface area contributed by atoms with E-state index in [9.17, 15) is 13.6 Å². The SMILES string of the molecule is O=C(CSCc1ccc(Br)cc1)Nc1ccc(F)cc1F. The molecule has 2 aromatic carbocycles. The lowest BCUT2D eigenvalue weighted by molar-refractivity contribution is -0.113. The summed E-state index contributed by atoms with van der Waals surface area (Å²) in [6.45, 7) is 0. The highest BCUT2D eigenvalue weighted by Gasteiger charge is 2.08. The maximum atomic E-state index is 13.4. The highest BCUT2D eigenvalue weighted by molar-refractivity contribution is 9.10. The first-order valence-electron chi connectivity index (χ1n) is 6.11. The summed E-state index contributed by atoms with van der Waals surface area (Å²) < 4.78 is 27.1. The smallest absolute Gasteiger partial charge is 0.234 e. The summed E-state index contributed by atoms with van der Waals surface area (Å²) >= 11 is 4.78. The fraction of sp³-hybridized carbons (Fsp3) is 0.133. The quantitative estimate of drug-likeness (QED) is 0.831. The zero-order valence-electron chi connectivity index (χ0n) is 10.9. The number of carbonyl (C=O) groups is 1. The molecule has 0 saturated carbocycles. The molecular formula is C15H12BrF2NOS. The van der Waals surface area contributed by atoms with Crippen molar-refractivity contribution in [2.45, 2.75) is 5.75 Å². The van der Waals surface area contributed by atoms with Gasteiger partial charge in [0.05, 0.1) is 11.4 Å². The van der Waals surface area contributed by atoms with Crippen LogP contribution >= 0.6 is 27.7 Å². The fourth-order valence-corrected chi connectivity index (χ4v) is 2.67. The molecule has 0 radical (unpaired) electrons. The molecule has 0 bridgehead atoms. The number of carbonyl (C=O) groups excluding carboxylic acids is 1. The van der Waals surface area contributed by atoms with Crippen LogP contribution in [0.25, 0.3) is 0 Å². The maximum Gasteiger partial charge on any atom is 0.234 e. The van der Waals surface area contributed by atoms with Crippen LogP contribution in [0.1, 0.15) is 5.56 Å². The summed E-state index contributed by atoms with van der Waals surface area (Å²) in [7, 11) is 0. The lowest BCUT2D eigenvalue weighted by Gasteiger charge is -2.06. The second-order valence-corrected chi connectivity index (χ2v) is 6.19. The summed E-state index contributed by atoms with van der Waals surface area (Å²) in [6, 6.07) is 10.9. The van der Waals surface area contributed by atoms with E-state index in [4.69, 9.17) is 0 Å². The number of thioether (sulfide) groups is 1. The van der Waals surface area contributed by atoms with Crippen LogP contribution in [-0.2, 0) is 10.5 Å². The van der Waals surface area contributed by atoms with Gasteiger partial charge in [-0.3, -0.25) is 4.79 Å². The van der Waals surface area contributed by atoms with Gasteiger partial charge in [0.2, 0.25) is 5.91 Å². The van der Waals surface area contributed by atoms with E-state index in [0.29, 0.717) is 5.75 Å². The van der Waals surface area contributed by atoms with Crippen LogP contribution in [0.3, 0.4) is 0 Å². The van der Waals surface area contributed by atoms with Crippen molar-refractivity contribution in [1.29, 1.82) is 0 Å². The number of amides is 1. The molecule has 0 fully saturated rings. The van der Waals surface area contributed by atoms with Gasteiger partial charge in [0.15, 0.2) is 0 Å². The lowest BCUT2D eigenvalue weighted by atomic mass is 10.2. The average Bonchev–Trinajstić information content (AvgIpc) is 2.44. The van der Waals surface area contributed by atoms with Crippen molar-refractivity contribution in [3.8, 4) is 0 Å². The molecule has 0 aliphatic rings. The summed E-state index contributed by atoms with van der Waals surface area (Å²) in [5, 5.41) is 2.42. The predicted octanol–water partition coefficient (Wildman–Crippen LogP) is 4.60. The molecule has 110 valence electrons. The minimum atomic E-state index is -0.777. The number of benzene rings is 2. The number of hydrogen-bond donors (Lipinski definition) is 1. The Morgan fingerprint density at radius 1 is 1.14 bits per heavy atom. The van der Waals surface area contributed by atoms with Crippen LogP contribution in [0.5, 0.6) is 0 Å². The second kappa shape index (κ2) is 7.56. The normalized spacial score (nSPS) is 10.4. The molecule has 1 amide bonds. The van der Waals surface area contributed by atoms with E-state index < -0.39 is 11.6 Å². The van der Waals surface area contributed by atoms with Crippen molar-refractivity contribution in [3.63, 3.8) is 0 Å². The van der Waals surface area contributed by atoms with E-state index in [-0.39, 0.29) is 17.3 Å². The lowest BCUT2D eigenvalue weighted by Crippen LogP contribution is -2.15. The molecule has 0 aliphatic heterocycles. The molecular weight excluding hydrogens is 360 g/mol. The Balaban J connectivity index is 1.81. The summed E-state index contributed by atoms with van der Waals surface area (Å²) in [5.41, 5.74) is 1.09. The van der Waals surface area contributed by atoms with Crippen LogP contribution in [-0.4, -0.2) is 11.7 Å². The van der Waals surface area contributed by atoms with Gasteiger partial charge >= 0.3 is 0 Å². The van der Waals surface area contributed by atoms with E-state index in [2.05, 4.69) is 21.2 Å². The Morgan fingerprint density at radius 2 is 1.86 bits per heavy atom. The van der Waals surface area contributed by atoms with Gasteiger partial charge in [-0.1, -0.05) is 28.1 Å². The van der Waals surface area contributed by atoms with Gasteiger partial charge in [-0.05, 0) is 29.8 Å². The maximum absolute atomic E-state index is 13.4.